The second-order valence-electron chi connectivity index (χ2n) is 14.8. The van der Waals surface area contributed by atoms with Gasteiger partial charge >= 0.3 is 0 Å². The summed E-state index contributed by atoms with van der Waals surface area (Å²) in [7, 11) is 0. The first-order valence-corrected chi connectivity index (χ1v) is 19.3. The van der Waals surface area contributed by atoms with E-state index in [4.69, 9.17) is 4.42 Å². The molecule has 1 aliphatic carbocycles. The third-order valence-corrected chi connectivity index (χ3v) is 11.3. The quantitative estimate of drug-likeness (QED) is 0.153. The molecule has 7 rings (SSSR count). The predicted octanol–water partition coefficient (Wildman–Crippen LogP) is 7.61. The summed E-state index contributed by atoms with van der Waals surface area (Å²) in [6.07, 6.45) is 6.93. The third kappa shape index (κ3) is 7.31. The van der Waals surface area contributed by atoms with Gasteiger partial charge in [0, 0.05) is 53.6 Å². The van der Waals surface area contributed by atoms with Gasteiger partial charge in [0.25, 0.3) is 0 Å². The van der Waals surface area contributed by atoms with Crippen LogP contribution in [0.25, 0.3) is 11.5 Å². The topological polar surface area (TPSA) is 133 Å². The van der Waals surface area contributed by atoms with Crippen LogP contribution < -0.4 is 25.8 Å². The van der Waals surface area contributed by atoms with Crippen LogP contribution >= 0.6 is 0 Å². The van der Waals surface area contributed by atoms with Crippen LogP contribution in [0.2, 0.25) is 0 Å². The van der Waals surface area contributed by atoms with Crippen molar-refractivity contribution in [3.05, 3.63) is 89.8 Å². The molecule has 3 aromatic carbocycles. The smallest absolute Gasteiger partial charge is 0.247 e. The van der Waals surface area contributed by atoms with Crippen LogP contribution in [0.3, 0.4) is 0 Å². The van der Waals surface area contributed by atoms with Crippen LogP contribution in [0.15, 0.2) is 77.2 Å². The number of hydrogen-bond donors (Lipinski definition) is 3. The highest BCUT2D eigenvalue weighted by Gasteiger charge is 2.44. The van der Waals surface area contributed by atoms with Gasteiger partial charge in [-0.3, -0.25) is 19.7 Å². The van der Waals surface area contributed by atoms with Crippen molar-refractivity contribution >= 4 is 34.8 Å². The number of para-hydroxylation sites is 2. The van der Waals surface area contributed by atoms with Gasteiger partial charge in [0.05, 0.1) is 18.1 Å². The first kappa shape index (κ1) is 36.3. The Labute approximate surface area is 311 Å². The summed E-state index contributed by atoms with van der Waals surface area (Å²) in [6.45, 7) is 8.12. The lowest BCUT2D eigenvalue weighted by Gasteiger charge is -2.45. The van der Waals surface area contributed by atoms with Crippen LogP contribution in [0.1, 0.15) is 115 Å². The normalized spacial score (nSPS) is 22.0. The van der Waals surface area contributed by atoms with Crippen molar-refractivity contribution in [3.63, 3.8) is 0 Å². The molecule has 0 spiro atoms. The first-order valence-electron chi connectivity index (χ1n) is 19.3. The number of fused-ring (bicyclic) bond motifs is 2. The number of nitrogens with one attached hydrogen (secondary N) is 3. The summed E-state index contributed by atoms with van der Waals surface area (Å²) in [5.41, 5.74) is 5.05. The molecule has 3 amide bonds. The minimum Gasteiger partial charge on any atom is -0.419 e. The average molecular weight is 718 g/mol. The predicted molar refractivity (Wildman–Crippen MR) is 206 cm³/mol. The molecule has 0 unspecified atom stereocenters. The number of anilines is 3. The van der Waals surface area contributed by atoms with Crippen LogP contribution in [0.4, 0.5) is 17.1 Å². The molecular weight excluding hydrogens is 667 g/mol. The van der Waals surface area contributed by atoms with Gasteiger partial charge in [-0.25, -0.2) is 0 Å². The highest BCUT2D eigenvalue weighted by molar-refractivity contribution is 5.96. The monoisotopic (exact) mass is 717 g/mol. The second-order valence-corrected chi connectivity index (χ2v) is 14.8. The molecule has 53 heavy (non-hydrogen) atoms. The van der Waals surface area contributed by atoms with E-state index in [-0.39, 0.29) is 48.4 Å². The molecule has 1 fully saturated rings. The maximum Gasteiger partial charge on any atom is 0.247 e. The van der Waals surface area contributed by atoms with E-state index >= 15 is 0 Å². The molecule has 0 saturated heterocycles. The lowest BCUT2D eigenvalue weighted by molar-refractivity contribution is -0.130. The Kier molecular flexibility index (Phi) is 10.6. The molecule has 0 bridgehead atoms. The minimum atomic E-state index is -0.737. The van der Waals surface area contributed by atoms with E-state index in [0.29, 0.717) is 24.6 Å². The maximum atomic E-state index is 14.1. The Morgan fingerprint density at radius 3 is 1.92 bits per heavy atom. The van der Waals surface area contributed by atoms with E-state index in [9.17, 15) is 14.4 Å². The lowest BCUT2D eigenvalue weighted by atomic mass is 9.78. The van der Waals surface area contributed by atoms with Gasteiger partial charge in [-0.05, 0) is 87.1 Å². The van der Waals surface area contributed by atoms with Crippen LogP contribution in [-0.2, 0) is 20.9 Å². The molecule has 11 heteroatoms. The lowest BCUT2D eigenvalue weighted by Crippen LogP contribution is -2.60. The number of carbonyl (C=O) groups excluding carboxylic acids is 3. The highest BCUT2D eigenvalue weighted by atomic mass is 16.4. The summed E-state index contributed by atoms with van der Waals surface area (Å²) in [5.74, 6) is 0.904. The van der Waals surface area contributed by atoms with Crippen molar-refractivity contribution < 1.29 is 18.8 Å². The van der Waals surface area contributed by atoms with Crippen molar-refractivity contribution in [1.29, 1.82) is 0 Å². The Bertz CT molecular complexity index is 1940. The number of nitrogens with zero attached hydrogens (tertiary/aromatic N) is 4. The van der Waals surface area contributed by atoms with Gasteiger partial charge in [0.15, 0.2) is 0 Å². The summed E-state index contributed by atoms with van der Waals surface area (Å²) in [5, 5.41) is 19.2. The van der Waals surface area contributed by atoms with Gasteiger partial charge < -0.3 is 24.9 Å². The van der Waals surface area contributed by atoms with E-state index in [0.717, 1.165) is 78.7 Å². The summed E-state index contributed by atoms with van der Waals surface area (Å²) < 4.78 is 6.04. The fourth-order valence-corrected chi connectivity index (χ4v) is 8.60. The maximum absolute atomic E-state index is 14.1. The SMILES string of the molecule is CCC(=O)N1c2ccccc2[C@H](Nc2ccc(-c3nnc(CNC(=O)C4(N[C@@H]5C[C@H](C)N(C(=O)CC)c6ccccc65)CCCCC4)o3)cc2)C[C@@H]1C. The number of carbonyl (C=O) groups is 3. The molecule has 3 N–H and O–H groups in total. The van der Waals surface area contributed by atoms with E-state index in [1.807, 2.05) is 84.3 Å². The zero-order valence-corrected chi connectivity index (χ0v) is 31.2. The Balaban J connectivity index is 1.01. The molecule has 4 atom stereocenters. The largest absolute Gasteiger partial charge is 0.419 e. The zero-order valence-electron chi connectivity index (χ0n) is 31.2. The molecular formula is C42H51N7O4. The van der Waals surface area contributed by atoms with E-state index in [1.54, 1.807) is 0 Å². The average Bonchev–Trinajstić information content (AvgIpc) is 3.66. The van der Waals surface area contributed by atoms with Crippen molar-refractivity contribution in [1.82, 2.24) is 20.8 Å². The molecule has 1 saturated carbocycles. The third-order valence-electron chi connectivity index (χ3n) is 11.3. The van der Waals surface area contributed by atoms with Crippen LogP contribution in [0.5, 0.6) is 0 Å². The number of benzene rings is 3. The van der Waals surface area contributed by atoms with Crippen molar-refractivity contribution in [2.45, 2.75) is 122 Å². The molecule has 3 heterocycles. The zero-order chi connectivity index (χ0) is 37.1. The highest BCUT2D eigenvalue weighted by Crippen LogP contribution is 2.42. The molecule has 1 aromatic heterocycles. The van der Waals surface area contributed by atoms with Crippen LogP contribution in [-0.4, -0.2) is 45.5 Å². The Hall–Kier alpha value is -5.03. The Morgan fingerprint density at radius 1 is 0.755 bits per heavy atom. The van der Waals surface area contributed by atoms with Gasteiger partial charge in [-0.1, -0.05) is 69.5 Å². The first-order chi connectivity index (χ1) is 25.7. The van der Waals surface area contributed by atoms with E-state index < -0.39 is 5.54 Å². The summed E-state index contributed by atoms with van der Waals surface area (Å²) >= 11 is 0. The van der Waals surface area contributed by atoms with E-state index in [1.165, 1.54) is 0 Å². The standard InChI is InChI=1S/C42H51N7O4/c1-5-38(50)48-27(3)24-33(31-14-8-10-16-35(31)48)44-30-20-18-29(19-21-30)40-47-46-37(53-40)26-43-41(52)42(22-12-7-13-23-42)45-34-25-28(4)49(39(51)6-2)36-17-11-9-15-32(34)36/h8-11,14-21,27-28,33-34,44-45H,5-7,12-13,22-26H2,1-4H3,(H,43,52)/t27-,28-,33+,34+/m0/s1. The van der Waals surface area contributed by atoms with Gasteiger partial charge in [-0.2, -0.15) is 0 Å². The Morgan fingerprint density at radius 2 is 1.32 bits per heavy atom. The van der Waals surface area contributed by atoms with Gasteiger partial charge in [-0.15, -0.1) is 10.2 Å². The van der Waals surface area contributed by atoms with Gasteiger partial charge in [0.1, 0.15) is 0 Å². The molecule has 278 valence electrons. The minimum absolute atomic E-state index is 0.0105. The summed E-state index contributed by atoms with van der Waals surface area (Å²) in [4.78, 5) is 43.6. The summed E-state index contributed by atoms with van der Waals surface area (Å²) in [6, 6.07) is 24.2. The number of hydrogen-bond acceptors (Lipinski definition) is 8. The molecule has 3 aliphatic rings. The number of rotatable bonds is 10. The number of aromatic nitrogens is 2. The molecule has 11 nitrogen and oxygen atoms in total. The van der Waals surface area contributed by atoms with Crippen molar-refractivity contribution in [2.75, 3.05) is 15.1 Å². The fraction of sp³-hybridized carbons (Fsp3) is 0.452. The number of amides is 3. The molecule has 4 aromatic rings. The van der Waals surface area contributed by atoms with Crippen molar-refractivity contribution in [2.24, 2.45) is 0 Å². The molecule has 0 radical (unpaired) electrons. The van der Waals surface area contributed by atoms with Gasteiger partial charge in [0.2, 0.25) is 29.5 Å². The van der Waals surface area contributed by atoms with Crippen LogP contribution in [0, 0.1) is 0 Å². The fourth-order valence-electron chi connectivity index (χ4n) is 8.60. The second kappa shape index (κ2) is 15.5. The van der Waals surface area contributed by atoms with E-state index in [2.05, 4.69) is 52.1 Å². The van der Waals surface area contributed by atoms with Crippen molar-refractivity contribution in [3.8, 4) is 11.5 Å². The molecule has 2 aliphatic heterocycles.